The predicted molar refractivity (Wildman–Crippen MR) is 290 cm³/mol. The monoisotopic (exact) mass is 1130 g/mol. The zero-order chi connectivity index (χ0) is 58.6. The van der Waals surface area contributed by atoms with Gasteiger partial charge in [-0.15, -0.1) is 0 Å². The van der Waals surface area contributed by atoms with Crippen molar-refractivity contribution in [3.8, 4) is 0 Å². The number of hydrogen-bond donors (Lipinski definition) is 0. The van der Waals surface area contributed by atoms with E-state index >= 15 is 0 Å². The third-order valence-corrected chi connectivity index (χ3v) is 14.1. The van der Waals surface area contributed by atoms with Crippen LogP contribution in [-0.2, 0) is 95.2 Å². The fourth-order valence-corrected chi connectivity index (χ4v) is 10.3. The summed E-state index contributed by atoms with van der Waals surface area (Å²) in [4.78, 5) is 101. The molecule has 0 aliphatic carbocycles. The van der Waals surface area contributed by atoms with Crippen LogP contribution in [0.15, 0.2) is 0 Å². The van der Waals surface area contributed by atoms with Crippen LogP contribution in [0.2, 0.25) is 0 Å². The van der Waals surface area contributed by atoms with Gasteiger partial charge in [-0.3, -0.25) is 38.4 Å². The molecule has 0 amide bonds. The van der Waals surface area contributed by atoms with Gasteiger partial charge in [-0.25, -0.2) is 0 Å². The molecule has 2 aliphatic heterocycles. The summed E-state index contributed by atoms with van der Waals surface area (Å²) in [6.07, 6.45) is 13.5. The van der Waals surface area contributed by atoms with Crippen molar-refractivity contribution in [1.29, 1.82) is 0 Å². The Kier molecular flexibility index (Phi) is 36.4. The Balaban J connectivity index is 2.71. The fraction of sp³-hybridized carbons (Fsp3) is 0.864. The van der Waals surface area contributed by atoms with Crippen molar-refractivity contribution >= 4 is 47.8 Å². The zero-order valence-electron chi connectivity index (χ0n) is 49.7. The summed E-state index contributed by atoms with van der Waals surface area (Å²) in [6, 6.07) is 0. The first kappa shape index (κ1) is 70.7. The van der Waals surface area contributed by atoms with E-state index in [9.17, 15) is 38.4 Å². The van der Waals surface area contributed by atoms with Crippen molar-refractivity contribution in [1.82, 2.24) is 0 Å². The average molecular weight is 1130 g/mol. The normalized spacial score (nSPS) is 23.0. The smallest absolute Gasteiger partial charge is 0.303 e. The minimum Gasteiger partial charge on any atom is -0.463 e. The summed E-state index contributed by atoms with van der Waals surface area (Å²) in [5.41, 5.74) is -0.921. The lowest BCUT2D eigenvalue weighted by molar-refractivity contribution is -0.323. The van der Waals surface area contributed by atoms with E-state index in [-0.39, 0.29) is 13.2 Å². The van der Waals surface area contributed by atoms with Crippen LogP contribution in [0.4, 0.5) is 0 Å². The van der Waals surface area contributed by atoms with Gasteiger partial charge >= 0.3 is 47.8 Å². The van der Waals surface area contributed by atoms with E-state index in [4.69, 9.17) is 56.8 Å². The van der Waals surface area contributed by atoms with Crippen LogP contribution in [0.5, 0.6) is 0 Å². The number of carbonyl (C=O) groups is 8. The summed E-state index contributed by atoms with van der Waals surface area (Å²) in [7, 11) is 0. The van der Waals surface area contributed by atoms with Gasteiger partial charge in [-0.05, 0) is 12.8 Å². The fourth-order valence-electron chi connectivity index (χ4n) is 10.3. The molecule has 456 valence electrons. The molecule has 10 atom stereocenters. The van der Waals surface area contributed by atoms with Crippen molar-refractivity contribution in [3.05, 3.63) is 0 Å². The van der Waals surface area contributed by atoms with Crippen LogP contribution in [-0.4, -0.2) is 136 Å². The number of esters is 8. The summed E-state index contributed by atoms with van der Waals surface area (Å²) in [5.74, 6) is -6.05. The highest BCUT2D eigenvalue weighted by molar-refractivity contribution is 5.70. The Hall–Kier alpha value is -4.40. The van der Waals surface area contributed by atoms with E-state index in [0.29, 0.717) is 12.8 Å². The largest absolute Gasteiger partial charge is 0.463 e. The van der Waals surface area contributed by atoms with Crippen molar-refractivity contribution in [2.24, 2.45) is 5.41 Å². The lowest BCUT2D eigenvalue weighted by atomic mass is 9.79. The Bertz CT molecular complexity index is 1660. The first-order valence-corrected chi connectivity index (χ1v) is 29.6. The third kappa shape index (κ3) is 30.3. The summed E-state index contributed by atoms with van der Waals surface area (Å²) in [6.45, 7) is 12.5. The van der Waals surface area contributed by atoms with Crippen molar-refractivity contribution in [2.45, 2.75) is 298 Å². The highest BCUT2D eigenvalue weighted by atomic mass is 16.8. The average Bonchev–Trinajstić information content (AvgIpc) is 3.37. The molecule has 0 bridgehead atoms. The van der Waals surface area contributed by atoms with Gasteiger partial charge < -0.3 is 56.8 Å². The lowest BCUT2D eigenvalue weighted by Gasteiger charge is -2.46. The highest BCUT2D eigenvalue weighted by Crippen LogP contribution is 2.39. The van der Waals surface area contributed by atoms with Gasteiger partial charge in [0.15, 0.2) is 49.2 Å². The minimum atomic E-state index is -1.49. The number of rotatable bonds is 42. The summed E-state index contributed by atoms with van der Waals surface area (Å²) in [5, 5.41) is 0. The molecule has 0 aromatic rings. The van der Waals surface area contributed by atoms with E-state index in [1.807, 2.05) is 0 Å². The Morgan fingerprint density at radius 1 is 0.316 bits per heavy atom. The van der Waals surface area contributed by atoms with E-state index < -0.39 is 128 Å². The summed E-state index contributed by atoms with van der Waals surface area (Å²) < 4.78 is 71.3. The van der Waals surface area contributed by atoms with Gasteiger partial charge in [-0.1, -0.05) is 168 Å². The highest BCUT2D eigenvalue weighted by Gasteiger charge is 2.55. The Morgan fingerprint density at radius 3 is 0.810 bits per heavy atom. The molecule has 2 heterocycles. The zero-order valence-corrected chi connectivity index (χ0v) is 49.7. The first-order chi connectivity index (χ1) is 37.7. The molecule has 79 heavy (non-hydrogen) atoms. The van der Waals surface area contributed by atoms with Crippen LogP contribution in [0.1, 0.15) is 236 Å². The molecule has 0 N–H and O–H groups in total. The van der Waals surface area contributed by atoms with Crippen molar-refractivity contribution in [2.75, 3.05) is 26.4 Å². The van der Waals surface area contributed by atoms with E-state index in [2.05, 4.69) is 13.8 Å². The van der Waals surface area contributed by atoms with Gasteiger partial charge in [0.1, 0.15) is 25.4 Å². The number of unbranched alkanes of at least 4 members (excludes halogenated alkanes) is 22. The van der Waals surface area contributed by atoms with Crippen LogP contribution in [0, 0.1) is 5.41 Å². The Morgan fingerprint density at radius 2 is 0.557 bits per heavy atom. The maximum atomic E-state index is 12.9. The molecule has 0 unspecified atom stereocenters. The van der Waals surface area contributed by atoms with Gasteiger partial charge in [0.05, 0.1) is 13.2 Å². The van der Waals surface area contributed by atoms with Gasteiger partial charge in [0.2, 0.25) is 0 Å². The molecule has 2 fully saturated rings. The van der Waals surface area contributed by atoms with Gasteiger partial charge in [0, 0.05) is 60.8 Å². The lowest BCUT2D eigenvalue weighted by Crippen LogP contribution is -2.63. The quantitative estimate of drug-likeness (QED) is 0.0313. The van der Waals surface area contributed by atoms with E-state index in [0.717, 1.165) is 106 Å². The first-order valence-electron chi connectivity index (χ1n) is 29.6. The van der Waals surface area contributed by atoms with Crippen molar-refractivity contribution in [3.63, 3.8) is 0 Å². The number of hydrogen-bond acceptors (Lipinski definition) is 20. The molecule has 0 aromatic carbocycles. The molecule has 0 aromatic heterocycles. The molecule has 0 spiro atoms. The standard InChI is InChI=1S/C59H100O20/c1-11-13-15-17-19-21-23-25-27-29-31-33-35-59(36-34-32-30-28-26-24-22-20-18-16-14-12-2,39-70-57-55(76-47(9)66)53(74-45(7)64)51(72-43(5)62)49(78-57)37-68-41(3)60)40-71-58-56(77-48(10)67)54(75-46(8)65)52(73-44(6)63)50(79-58)38-69-42(4)61/h49-58H,11-40H2,1-10H3/t49-,50-,51+,52+,53+,54+,55-,56-,57-,58-/m1/s1. The molecule has 2 aliphatic rings. The van der Waals surface area contributed by atoms with Crippen LogP contribution < -0.4 is 0 Å². The molecule has 2 rings (SSSR count). The topological polar surface area (TPSA) is 247 Å². The number of carbonyl (C=O) groups excluding carboxylic acids is 8. The maximum Gasteiger partial charge on any atom is 0.303 e. The molecule has 0 saturated carbocycles. The van der Waals surface area contributed by atoms with Crippen LogP contribution >= 0.6 is 0 Å². The Labute approximate surface area is 471 Å². The minimum absolute atomic E-state index is 0.137. The molecular weight excluding hydrogens is 1030 g/mol. The van der Waals surface area contributed by atoms with Crippen molar-refractivity contribution < 1.29 is 95.2 Å². The second-order valence-electron chi connectivity index (χ2n) is 21.5. The molecule has 20 nitrogen and oxygen atoms in total. The second-order valence-corrected chi connectivity index (χ2v) is 21.5. The van der Waals surface area contributed by atoms with Gasteiger partial charge in [-0.2, -0.15) is 0 Å². The van der Waals surface area contributed by atoms with Crippen LogP contribution in [0.3, 0.4) is 0 Å². The molecule has 20 heteroatoms. The second kappa shape index (κ2) is 40.7. The molecule has 0 radical (unpaired) electrons. The maximum absolute atomic E-state index is 12.9. The van der Waals surface area contributed by atoms with Gasteiger partial charge in [0.25, 0.3) is 0 Å². The molecule has 2 saturated heterocycles. The summed E-state index contributed by atoms with van der Waals surface area (Å²) >= 11 is 0. The third-order valence-electron chi connectivity index (χ3n) is 14.1. The molecular formula is C59H100O20. The number of ether oxygens (including phenoxy) is 12. The predicted octanol–water partition coefficient (Wildman–Crippen LogP) is 10.4. The van der Waals surface area contributed by atoms with E-state index in [1.165, 1.54) is 104 Å². The SMILES string of the molecule is CCCCCCCCCCCCCCC(CCCCCCCCCCCCCC)(CO[C@@H]1O[C@H](COC(C)=O)[C@H](OC(C)=O)[C@H](OC(C)=O)[C@H]1OC(C)=O)CO[C@@H]1O[C@H](COC(C)=O)[C@H](OC(C)=O)[C@H](OC(C)=O)[C@H]1OC(C)=O. The van der Waals surface area contributed by atoms with E-state index in [1.54, 1.807) is 0 Å². The van der Waals surface area contributed by atoms with Crippen LogP contribution in [0.25, 0.3) is 0 Å².